The fourth-order valence-electron chi connectivity index (χ4n) is 1.60. The second-order valence-electron chi connectivity index (χ2n) is 4.43. The van der Waals surface area contributed by atoms with Crippen LogP contribution in [0.3, 0.4) is 0 Å². The average Bonchev–Trinajstić information content (AvgIpc) is 2.86. The second kappa shape index (κ2) is 7.42. The van der Waals surface area contributed by atoms with Gasteiger partial charge in [-0.25, -0.2) is 4.98 Å². The standard InChI is InChI=1S/C14H16N2O3S2/c1-9(13(15)18)19-12(17)7-4-8-20-14-16-10-5-2-3-6-11(10)21-14/h2-3,5-6,9H,4,7-8H2,1H3,(H2,15,18)/t9-/m1/s1. The van der Waals surface area contributed by atoms with Crippen molar-refractivity contribution in [3.63, 3.8) is 0 Å². The SMILES string of the molecule is C[C@@H](OC(=O)CCCSc1nc2ccccc2s1)C(N)=O. The molecule has 1 aromatic carbocycles. The zero-order chi connectivity index (χ0) is 15.2. The maximum Gasteiger partial charge on any atom is 0.306 e. The molecule has 1 heterocycles. The summed E-state index contributed by atoms with van der Waals surface area (Å²) in [7, 11) is 0. The Labute approximate surface area is 130 Å². The third-order valence-corrected chi connectivity index (χ3v) is 5.00. The van der Waals surface area contributed by atoms with Gasteiger partial charge in [-0.3, -0.25) is 9.59 Å². The molecule has 21 heavy (non-hydrogen) atoms. The Morgan fingerprint density at radius 2 is 2.19 bits per heavy atom. The number of para-hydroxylation sites is 1. The summed E-state index contributed by atoms with van der Waals surface area (Å²) in [5.74, 6) is -0.252. The number of thioether (sulfide) groups is 1. The number of ether oxygens (including phenoxy) is 1. The first-order valence-corrected chi connectivity index (χ1v) is 8.33. The maximum atomic E-state index is 11.5. The van der Waals surface area contributed by atoms with Crippen molar-refractivity contribution in [2.45, 2.75) is 30.2 Å². The number of carbonyl (C=O) groups excluding carboxylic acids is 2. The monoisotopic (exact) mass is 324 g/mol. The summed E-state index contributed by atoms with van der Waals surface area (Å²) in [6.45, 7) is 1.47. The summed E-state index contributed by atoms with van der Waals surface area (Å²) in [5, 5.41) is 0. The summed E-state index contributed by atoms with van der Waals surface area (Å²) in [4.78, 5) is 26.7. The molecule has 0 unspecified atom stereocenters. The maximum absolute atomic E-state index is 11.5. The summed E-state index contributed by atoms with van der Waals surface area (Å²) < 4.78 is 7.03. The lowest BCUT2D eigenvalue weighted by molar-refractivity contribution is -0.153. The van der Waals surface area contributed by atoms with Crippen LogP contribution in [0.2, 0.25) is 0 Å². The van der Waals surface area contributed by atoms with Gasteiger partial charge in [0.05, 0.1) is 10.2 Å². The van der Waals surface area contributed by atoms with E-state index in [2.05, 4.69) is 4.98 Å². The molecule has 2 aromatic rings. The number of primary amides is 1. The van der Waals surface area contributed by atoms with E-state index in [1.807, 2.05) is 24.3 Å². The average molecular weight is 324 g/mol. The van der Waals surface area contributed by atoms with Crippen molar-refractivity contribution >= 4 is 45.2 Å². The Bertz CT molecular complexity index is 609. The van der Waals surface area contributed by atoms with Gasteiger partial charge in [-0.15, -0.1) is 11.3 Å². The van der Waals surface area contributed by atoms with E-state index in [1.54, 1.807) is 23.1 Å². The number of nitrogens with two attached hydrogens (primary N) is 1. The van der Waals surface area contributed by atoms with Crippen molar-refractivity contribution < 1.29 is 14.3 Å². The smallest absolute Gasteiger partial charge is 0.306 e. The Balaban J connectivity index is 1.72. The molecule has 7 heteroatoms. The molecule has 0 aliphatic heterocycles. The molecule has 112 valence electrons. The van der Waals surface area contributed by atoms with E-state index < -0.39 is 18.0 Å². The van der Waals surface area contributed by atoms with Crippen LogP contribution >= 0.6 is 23.1 Å². The molecule has 1 atom stereocenters. The predicted octanol–water partition coefficient (Wildman–Crippen LogP) is 2.59. The third-order valence-electron chi connectivity index (χ3n) is 2.73. The van der Waals surface area contributed by atoms with E-state index in [-0.39, 0.29) is 6.42 Å². The van der Waals surface area contributed by atoms with Crippen LogP contribution in [0, 0.1) is 0 Å². The number of hydrogen-bond donors (Lipinski definition) is 1. The van der Waals surface area contributed by atoms with Gasteiger partial charge in [0.15, 0.2) is 10.4 Å². The van der Waals surface area contributed by atoms with Gasteiger partial charge in [0.2, 0.25) is 0 Å². The molecule has 2 rings (SSSR count). The predicted molar refractivity (Wildman–Crippen MR) is 84.3 cm³/mol. The minimum absolute atomic E-state index is 0.273. The number of aromatic nitrogens is 1. The van der Waals surface area contributed by atoms with Gasteiger partial charge >= 0.3 is 5.97 Å². The van der Waals surface area contributed by atoms with Crippen LogP contribution in [0.1, 0.15) is 19.8 Å². The molecule has 0 bridgehead atoms. The number of fused-ring (bicyclic) bond motifs is 1. The fourth-order valence-corrected chi connectivity index (χ4v) is 3.68. The van der Waals surface area contributed by atoms with Crippen molar-refractivity contribution in [1.82, 2.24) is 4.98 Å². The van der Waals surface area contributed by atoms with E-state index in [0.717, 1.165) is 20.3 Å². The van der Waals surface area contributed by atoms with Gasteiger partial charge < -0.3 is 10.5 Å². The summed E-state index contributed by atoms with van der Waals surface area (Å²) in [6, 6.07) is 7.98. The van der Waals surface area contributed by atoms with Crippen molar-refractivity contribution in [3.8, 4) is 0 Å². The van der Waals surface area contributed by atoms with Crippen LogP contribution in [0.15, 0.2) is 28.6 Å². The van der Waals surface area contributed by atoms with Crippen molar-refractivity contribution in [2.75, 3.05) is 5.75 Å². The molecule has 0 saturated carbocycles. The summed E-state index contributed by atoms with van der Waals surface area (Å²) in [6.07, 6.45) is 0.0786. The van der Waals surface area contributed by atoms with E-state index in [0.29, 0.717) is 6.42 Å². The first-order chi connectivity index (χ1) is 10.1. The fraction of sp³-hybridized carbons (Fsp3) is 0.357. The van der Waals surface area contributed by atoms with Crippen LogP contribution in [-0.2, 0) is 14.3 Å². The largest absolute Gasteiger partial charge is 0.453 e. The van der Waals surface area contributed by atoms with Crippen molar-refractivity contribution in [1.29, 1.82) is 0 Å². The quantitative estimate of drug-likeness (QED) is 0.481. The van der Waals surface area contributed by atoms with Gasteiger partial charge in [0.25, 0.3) is 5.91 Å². The lowest BCUT2D eigenvalue weighted by Crippen LogP contribution is -2.30. The molecule has 0 fully saturated rings. The van der Waals surface area contributed by atoms with Gasteiger partial charge in [-0.05, 0) is 25.5 Å². The molecule has 1 amide bonds. The van der Waals surface area contributed by atoms with Crippen LogP contribution in [0.25, 0.3) is 10.2 Å². The van der Waals surface area contributed by atoms with Crippen LogP contribution in [-0.4, -0.2) is 28.7 Å². The highest BCUT2D eigenvalue weighted by Crippen LogP contribution is 2.29. The highest BCUT2D eigenvalue weighted by atomic mass is 32.2. The molecular weight excluding hydrogens is 308 g/mol. The molecule has 0 aliphatic carbocycles. The molecule has 1 aromatic heterocycles. The first-order valence-electron chi connectivity index (χ1n) is 6.53. The highest BCUT2D eigenvalue weighted by Gasteiger charge is 2.14. The summed E-state index contributed by atoms with van der Waals surface area (Å²) >= 11 is 3.27. The number of esters is 1. The van der Waals surface area contributed by atoms with Gasteiger partial charge in [0, 0.05) is 12.2 Å². The zero-order valence-corrected chi connectivity index (χ0v) is 13.2. The number of nitrogens with zero attached hydrogens (tertiary/aromatic N) is 1. The normalized spacial score (nSPS) is 12.2. The Morgan fingerprint density at radius 3 is 2.90 bits per heavy atom. The molecule has 0 spiro atoms. The van der Waals surface area contributed by atoms with Gasteiger partial charge in [-0.2, -0.15) is 0 Å². The van der Waals surface area contributed by atoms with E-state index >= 15 is 0 Å². The number of benzene rings is 1. The molecule has 0 aliphatic rings. The van der Waals surface area contributed by atoms with Crippen molar-refractivity contribution in [3.05, 3.63) is 24.3 Å². The Hall–Kier alpha value is -1.60. The number of thiazole rings is 1. The van der Waals surface area contributed by atoms with Gasteiger partial charge in [-0.1, -0.05) is 23.9 Å². The van der Waals surface area contributed by atoms with E-state index in [4.69, 9.17) is 10.5 Å². The highest BCUT2D eigenvalue weighted by molar-refractivity contribution is 8.01. The Morgan fingerprint density at radius 1 is 1.43 bits per heavy atom. The summed E-state index contributed by atoms with van der Waals surface area (Å²) in [5.41, 5.74) is 6.02. The lowest BCUT2D eigenvalue weighted by Gasteiger charge is -2.08. The van der Waals surface area contributed by atoms with Gasteiger partial charge in [0.1, 0.15) is 0 Å². The van der Waals surface area contributed by atoms with Crippen molar-refractivity contribution in [2.24, 2.45) is 5.73 Å². The Kier molecular flexibility index (Phi) is 5.58. The number of amides is 1. The van der Waals surface area contributed by atoms with E-state index in [1.165, 1.54) is 6.92 Å². The lowest BCUT2D eigenvalue weighted by atomic mass is 10.3. The molecular formula is C14H16N2O3S2. The molecule has 2 N–H and O–H groups in total. The number of hydrogen-bond acceptors (Lipinski definition) is 6. The van der Waals surface area contributed by atoms with Crippen LogP contribution in [0.4, 0.5) is 0 Å². The molecule has 0 saturated heterocycles. The van der Waals surface area contributed by atoms with Crippen LogP contribution in [0.5, 0.6) is 0 Å². The minimum Gasteiger partial charge on any atom is -0.453 e. The molecule has 0 radical (unpaired) electrons. The minimum atomic E-state index is -0.866. The molecule has 5 nitrogen and oxygen atoms in total. The second-order valence-corrected chi connectivity index (χ2v) is 6.81. The zero-order valence-electron chi connectivity index (χ0n) is 11.6. The van der Waals surface area contributed by atoms with Crippen LogP contribution < -0.4 is 5.73 Å². The number of rotatable bonds is 7. The first kappa shape index (κ1) is 15.8. The number of carbonyl (C=O) groups is 2. The topological polar surface area (TPSA) is 82.3 Å². The van der Waals surface area contributed by atoms with E-state index in [9.17, 15) is 9.59 Å². The third kappa shape index (κ3) is 4.71.